The topological polar surface area (TPSA) is 42.4 Å². The van der Waals surface area contributed by atoms with E-state index in [0.717, 1.165) is 38.0 Å². The van der Waals surface area contributed by atoms with Gasteiger partial charge in [0.2, 0.25) is 0 Å². The highest BCUT2D eigenvalue weighted by atomic mass is 35.5. The van der Waals surface area contributed by atoms with Crippen LogP contribution in [0.25, 0.3) is 0 Å². The molecule has 1 aromatic rings. The molecule has 1 aliphatic heterocycles. The molecule has 0 bridgehead atoms. The smallest absolute Gasteiger partial charge is 0.309 e. The molecule has 0 N–H and O–H groups in total. The Balaban J connectivity index is 1.84. The van der Waals surface area contributed by atoms with E-state index in [1.807, 2.05) is 13.0 Å². The fraction of sp³-hybridized carbons (Fsp3) is 0.571. The lowest BCUT2D eigenvalue weighted by atomic mass is 9.97. The lowest BCUT2D eigenvalue weighted by Gasteiger charge is -2.30. The van der Waals surface area contributed by atoms with Gasteiger partial charge in [-0.2, -0.15) is 0 Å². The first kappa shape index (κ1) is 14.3. The molecule has 0 radical (unpaired) electrons. The molecule has 0 amide bonds. The summed E-state index contributed by atoms with van der Waals surface area (Å²) in [6.45, 7) is 4.94. The number of piperidine rings is 1. The third-order valence-corrected chi connectivity index (χ3v) is 3.80. The van der Waals surface area contributed by atoms with Gasteiger partial charge in [0, 0.05) is 18.9 Å². The van der Waals surface area contributed by atoms with Crippen molar-refractivity contribution in [3.8, 4) is 0 Å². The second kappa shape index (κ2) is 6.87. The van der Waals surface area contributed by atoms with Crippen LogP contribution in [0.5, 0.6) is 0 Å². The molecule has 19 heavy (non-hydrogen) atoms. The Morgan fingerprint density at radius 3 is 2.89 bits per heavy atom. The number of esters is 1. The van der Waals surface area contributed by atoms with E-state index in [-0.39, 0.29) is 11.9 Å². The van der Waals surface area contributed by atoms with Gasteiger partial charge >= 0.3 is 5.97 Å². The third kappa shape index (κ3) is 3.91. The van der Waals surface area contributed by atoms with Crippen LogP contribution in [-0.2, 0) is 16.1 Å². The molecule has 1 saturated heterocycles. The van der Waals surface area contributed by atoms with Crippen LogP contribution in [0.3, 0.4) is 0 Å². The quantitative estimate of drug-likeness (QED) is 0.796. The summed E-state index contributed by atoms with van der Waals surface area (Å²) in [4.78, 5) is 17.9. The van der Waals surface area contributed by atoms with Crippen molar-refractivity contribution in [3.63, 3.8) is 0 Å². The number of rotatable bonds is 4. The summed E-state index contributed by atoms with van der Waals surface area (Å²) < 4.78 is 5.07. The number of hydrogen-bond acceptors (Lipinski definition) is 4. The number of carbonyl (C=O) groups excluding carboxylic acids is 1. The molecule has 2 rings (SSSR count). The number of likely N-dealkylation sites (tertiary alicyclic amines) is 1. The normalized spacial score (nSPS) is 17.4. The molecule has 1 fully saturated rings. The van der Waals surface area contributed by atoms with Gasteiger partial charge in [0.1, 0.15) is 0 Å². The zero-order valence-corrected chi connectivity index (χ0v) is 11.9. The number of pyridine rings is 1. The van der Waals surface area contributed by atoms with E-state index >= 15 is 0 Å². The van der Waals surface area contributed by atoms with Gasteiger partial charge in [0.15, 0.2) is 0 Å². The number of hydrogen-bond donors (Lipinski definition) is 0. The summed E-state index contributed by atoms with van der Waals surface area (Å²) in [7, 11) is 0. The van der Waals surface area contributed by atoms with Crippen LogP contribution < -0.4 is 0 Å². The maximum absolute atomic E-state index is 11.6. The minimum absolute atomic E-state index is 0.0518. The number of nitrogens with zero attached hydrogens (tertiary/aromatic N) is 2. The molecule has 5 heteroatoms. The van der Waals surface area contributed by atoms with E-state index in [9.17, 15) is 4.79 Å². The van der Waals surface area contributed by atoms with E-state index in [1.54, 1.807) is 12.4 Å². The summed E-state index contributed by atoms with van der Waals surface area (Å²) in [5.41, 5.74) is 1.09. The van der Waals surface area contributed by atoms with Crippen molar-refractivity contribution in [2.45, 2.75) is 26.3 Å². The van der Waals surface area contributed by atoms with Crippen LogP contribution in [0, 0.1) is 5.92 Å². The Labute approximate surface area is 118 Å². The van der Waals surface area contributed by atoms with Gasteiger partial charge in [0.25, 0.3) is 0 Å². The monoisotopic (exact) mass is 282 g/mol. The Hall–Kier alpha value is -1.13. The van der Waals surface area contributed by atoms with Gasteiger partial charge in [-0.1, -0.05) is 11.6 Å². The van der Waals surface area contributed by atoms with Crippen LogP contribution in [0.4, 0.5) is 0 Å². The zero-order valence-electron chi connectivity index (χ0n) is 11.1. The molecule has 0 spiro atoms. The second-order valence-corrected chi connectivity index (χ2v) is 5.18. The molecule has 0 atom stereocenters. The lowest BCUT2D eigenvalue weighted by Crippen LogP contribution is -2.36. The summed E-state index contributed by atoms with van der Waals surface area (Å²) in [6.07, 6.45) is 5.15. The van der Waals surface area contributed by atoms with Crippen LogP contribution in [-0.4, -0.2) is 35.5 Å². The Bertz CT molecular complexity index is 431. The number of carbonyl (C=O) groups is 1. The van der Waals surface area contributed by atoms with E-state index in [0.29, 0.717) is 11.6 Å². The Morgan fingerprint density at radius 1 is 1.53 bits per heavy atom. The number of ether oxygens (including phenoxy) is 1. The first-order chi connectivity index (χ1) is 9.20. The lowest BCUT2D eigenvalue weighted by molar-refractivity contribution is -0.149. The predicted octanol–water partition coefficient (Wildman–Crippen LogP) is 2.51. The minimum Gasteiger partial charge on any atom is -0.466 e. The SMILES string of the molecule is CCOC(=O)C1CCN(Cc2ccncc2Cl)CC1. The van der Waals surface area contributed by atoms with Crippen molar-refractivity contribution in [2.24, 2.45) is 5.92 Å². The molecule has 1 aromatic heterocycles. The molecular formula is C14H19ClN2O2. The van der Waals surface area contributed by atoms with Crippen molar-refractivity contribution in [2.75, 3.05) is 19.7 Å². The molecule has 0 saturated carbocycles. The van der Waals surface area contributed by atoms with Gasteiger partial charge in [-0.15, -0.1) is 0 Å². The second-order valence-electron chi connectivity index (χ2n) is 4.77. The third-order valence-electron chi connectivity index (χ3n) is 3.46. The van der Waals surface area contributed by atoms with Crippen LogP contribution in [0.2, 0.25) is 5.02 Å². The highest BCUT2D eigenvalue weighted by Crippen LogP contribution is 2.22. The van der Waals surface area contributed by atoms with E-state index in [1.165, 1.54) is 0 Å². The Morgan fingerprint density at radius 2 is 2.26 bits per heavy atom. The molecule has 104 valence electrons. The van der Waals surface area contributed by atoms with Gasteiger partial charge in [-0.05, 0) is 44.5 Å². The van der Waals surface area contributed by atoms with Crippen molar-refractivity contribution >= 4 is 17.6 Å². The average molecular weight is 283 g/mol. The van der Waals surface area contributed by atoms with Crippen LogP contribution >= 0.6 is 11.6 Å². The Kier molecular flexibility index (Phi) is 5.16. The van der Waals surface area contributed by atoms with Crippen molar-refractivity contribution in [3.05, 3.63) is 29.0 Å². The summed E-state index contributed by atoms with van der Waals surface area (Å²) in [5.74, 6) is 0.00760. The summed E-state index contributed by atoms with van der Waals surface area (Å²) >= 11 is 6.10. The van der Waals surface area contributed by atoms with Crippen molar-refractivity contribution < 1.29 is 9.53 Å². The van der Waals surface area contributed by atoms with Crippen LogP contribution in [0.1, 0.15) is 25.3 Å². The van der Waals surface area contributed by atoms with E-state index in [2.05, 4.69) is 9.88 Å². The fourth-order valence-electron chi connectivity index (χ4n) is 2.36. The first-order valence-electron chi connectivity index (χ1n) is 6.68. The maximum atomic E-state index is 11.6. The van der Waals surface area contributed by atoms with Crippen molar-refractivity contribution in [1.82, 2.24) is 9.88 Å². The van der Waals surface area contributed by atoms with Gasteiger partial charge < -0.3 is 4.74 Å². The minimum atomic E-state index is -0.0518. The molecule has 0 aliphatic carbocycles. The van der Waals surface area contributed by atoms with Gasteiger partial charge in [-0.25, -0.2) is 0 Å². The van der Waals surface area contributed by atoms with Crippen LogP contribution in [0.15, 0.2) is 18.5 Å². The molecule has 1 aliphatic rings. The largest absolute Gasteiger partial charge is 0.466 e. The van der Waals surface area contributed by atoms with Gasteiger partial charge in [-0.3, -0.25) is 14.7 Å². The van der Waals surface area contributed by atoms with Gasteiger partial charge in [0.05, 0.1) is 17.5 Å². The summed E-state index contributed by atoms with van der Waals surface area (Å²) in [6, 6.07) is 1.94. The first-order valence-corrected chi connectivity index (χ1v) is 7.06. The zero-order chi connectivity index (χ0) is 13.7. The van der Waals surface area contributed by atoms with E-state index in [4.69, 9.17) is 16.3 Å². The highest BCUT2D eigenvalue weighted by Gasteiger charge is 2.26. The summed E-state index contributed by atoms with van der Waals surface area (Å²) in [5, 5.41) is 0.704. The molecular weight excluding hydrogens is 264 g/mol. The fourth-order valence-corrected chi connectivity index (χ4v) is 2.54. The average Bonchev–Trinajstić information content (AvgIpc) is 2.42. The van der Waals surface area contributed by atoms with E-state index < -0.39 is 0 Å². The molecule has 0 aromatic carbocycles. The molecule has 2 heterocycles. The highest BCUT2D eigenvalue weighted by molar-refractivity contribution is 6.31. The molecule has 4 nitrogen and oxygen atoms in total. The standard InChI is InChI=1S/C14H19ClN2O2/c1-2-19-14(18)11-4-7-17(8-5-11)10-12-3-6-16-9-13(12)15/h3,6,9,11H,2,4-5,7-8,10H2,1H3. The number of halogens is 1. The number of aromatic nitrogens is 1. The predicted molar refractivity (Wildman–Crippen MR) is 73.9 cm³/mol. The molecule has 0 unspecified atom stereocenters. The maximum Gasteiger partial charge on any atom is 0.309 e. The van der Waals surface area contributed by atoms with Crippen molar-refractivity contribution in [1.29, 1.82) is 0 Å².